The number of carbonyl (C=O) groups excluding carboxylic acids is 1. The second-order valence-corrected chi connectivity index (χ2v) is 4.85. The number of hydrogen-bond acceptors (Lipinski definition) is 4. The zero-order chi connectivity index (χ0) is 14.5. The van der Waals surface area contributed by atoms with Crippen molar-refractivity contribution in [2.75, 3.05) is 17.7 Å². The Morgan fingerprint density at radius 2 is 2.15 bits per heavy atom. The van der Waals surface area contributed by atoms with Gasteiger partial charge in [0.05, 0.1) is 11.3 Å². The zero-order valence-corrected chi connectivity index (χ0v) is 12.2. The molecule has 2 aromatic rings. The van der Waals surface area contributed by atoms with Gasteiger partial charge in [-0.15, -0.1) is 0 Å². The lowest BCUT2D eigenvalue weighted by molar-refractivity contribution is 0.102. The van der Waals surface area contributed by atoms with Gasteiger partial charge in [0.2, 0.25) is 0 Å². The number of rotatable bonds is 3. The molecule has 0 aliphatic rings. The maximum Gasteiger partial charge on any atom is 0.274 e. The molecule has 0 aliphatic heterocycles. The molecule has 0 unspecified atom stereocenters. The Hall–Kier alpha value is -2.39. The first-order valence-electron chi connectivity index (χ1n) is 5.79. The predicted octanol–water partition coefficient (Wildman–Crippen LogP) is 3.01. The molecule has 1 amide bonds. The van der Waals surface area contributed by atoms with Crippen molar-refractivity contribution in [1.29, 1.82) is 5.26 Å². The molecule has 1 heterocycles. The first-order valence-corrected chi connectivity index (χ1v) is 6.58. The van der Waals surface area contributed by atoms with Gasteiger partial charge in [0, 0.05) is 23.4 Å². The van der Waals surface area contributed by atoms with Gasteiger partial charge in [-0.05, 0) is 30.3 Å². The van der Waals surface area contributed by atoms with Crippen LogP contribution in [0.2, 0.25) is 0 Å². The van der Waals surface area contributed by atoms with E-state index in [0.29, 0.717) is 11.3 Å². The molecule has 2 rings (SSSR count). The number of amides is 1. The van der Waals surface area contributed by atoms with E-state index in [1.807, 2.05) is 6.07 Å². The van der Waals surface area contributed by atoms with Crippen molar-refractivity contribution < 1.29 is 4.79 Å². The molecule has 0 atom stereocenters. The number of nitrogens with zero attached hydrogens (tertiary/aromatic N) is 2. The Labute approximate surface area is 124 Å². The third-order valence-electron chi connectivity index (χ3n) is 2.63. The molecule has 5 nitrogen and oxygen atoms in total. The van der Waals surface area contributed by atoms with Gasteiger partial charge >= 0.3 is 0 Å². The van der Waals surface area contributed by atoms with Crippen molar-refractivity contribution in [3.8, 4) is 6.07 Å². The van der Waals surface area contributed by atoms with E-state index in [0.717, 1.165) is 10.2 Å². The topological polar surface area (TPSA) is 77.8 Å². The molecule has 0 radical (unpaired) electrons. The number of anilines is 2. The summed E-state index contributed by atoms with van der Waals surface area (Å²) in [6.07, 6.45) is 1.55. The van der Waals surface area contributed by atoms with Crippen LogP contribution in [0.25, 0.3) is 0 Å². The molecule has 0 fully saturated rings. The molecular weight excluding hydrogens is 320 g/mol. The smallest absolute Gasteiger partial charge is 0.274 e. The van der Waals surface area contributed by atoms with E-state index in [1.54, 1.807) is 43.6 Å². The van der Waals surface area contributed by atoms with Crippen LogP contribution in [0.1, 0.15) is 16.1 Å². The molecule has 6 heteroatoms. The summed E-state index contributed by atoms with van der Waals surface area (Å²) < 4.78 is 0.781. The monoisotopic (exact) mass is 330 g/mol. The molecule has 20 heavy (non-hydrogen) atoms. The van der Waals surface area contributed by atoms with Gasteiger partial charge in [-0.3, -0.25) is 9.78 Å². The maximum absolute atomic E-state index is 12.1. The summed E-state index contributed by atoms with van der Waals surface area (Å²) in [5.74, 6) is -0.364. The van der Waals surface area contributed by atoms with Crippen LogP contribution < -0.4 is 10.6 Å². The average molecular weight is 331 g/mol. The summed E-state index contributed by atoms with van der Waals surface area (Å²) in [6.45, 7) is 0. The Morgan fingerprint density at radius 1 is 1.35 bits per heavy atom. The fraction of sp³-hybridized carbons (Fsp3) is 0.0714. The van der Waals surface area contributed by atoms with Crippen LogP contribution >= 0.6 is 15.9 Å². The van der Waals surface area contributed by atoms with E-state index in [9.17, 15) is 4.79 Å². The zero-order valence-electron chi connectivity index (χ0n) is 10.6. The number of benzene rings is 1. The molecule has 0 aliphatic carbocycles. The number of halogens is 1. The van der Waals surface area contributed by atoms with E-state index >= 15 is 0 Å². The minimum absolute atomic E-state index is 0.278. The van der Waals surface area contributed by atoms with Gasteiger partial charge in [-0.2, -0.15) is 5.26 Å². The van der Waals surface area contributed by atoms with Crippen LogP contribution in [0.15, 0.2) is 41.0 Å². The summed E-state index contributed by atoms with van der Waals surface area (Å²) >= 11 is 3.31. The van der Waals surface area contributed by atoms with Gasteiger partial charge in [0.15, 0.2) is 0 Å². The van der Waals surface area contributed by atoms with Gasteiger partial charge in [0.1, 0.15) is 11.8 Å². The van der Waals surface area contributed by atoms with Crippen molar-refractivity contribution in [2.45, 2.75) is 0 Å². The summed E-state index contributed by atoms with van der Waals surface area (Å²) in [5.41, 5.74) is 1.91. The van der Waals surface area contributed by atoms with E-state index in [2.05, 4.69) is 31.5 Å². The maximum atomic E-state index is 12.1. The van der Waals surface area contributed by atoms with Gasteiger partial charge in [0.25, 0.3) is 5.91 Å². The lowest BCUT2D eigenvalue weighted by atomic mass is 10.2. The van der Waals surface area contributed by atoms with Gasteiger partial charge < -0.3 is 10.6 Å². The fourth-order valence-corrected chi connectivity index (χ4v) is 1.98. The first kappa shape index (κ1) is 14.0. The number of hydrogen-bond donors (Lipinski definition) is 2. The lowest BCUT2D eigenvalue weighted by Crippen LogP contribution is -2.14. The molecule has 0 saturated heterocycles. The van der Waals surface area contributed by atoms with Crippen molar-refractivity contribution in [1.82, 2.24) is 4.98 Å². The molecule has 1 aromatic carbocycles. The van der Waals surface area contributed by atoms with Crippen molar-refractivity contribution in [3.05, 3.63) is 52.3 Å². The quantitative estimate of drug-likeness (QED) is 0.906. The molecule has 0 saturated carbocycles. The van der Waals surface area contributed by atoms with E-state index in [-0.39, 0.29) is 11.6 Å². The van der Waals surface area contributed by atoms with Gasteiger partial charge in [-0.1, -0.05) is 15.9 Å². The third-order valence-corrected chi connectivity index (χ3v) is 3.12. The minimum Gasteiger partial charge on any atom is -0.388 e. The highest BCUT2D eigenvalue weighted by Crippen LogP contribution is 2.21. The third kappa shape index (κ3) is 3.13. The second-order valence-electron chi connectivity index (χ2n) is 3.94. The fourth-order valence-electron chi connectivity index (χ4n) is 1.61. The van der Waals surface area contributed by atoms with Crippen LogP contribution in [0.3, 0.4) is 0 Å². The first-order chi connectivity index (χ1) is 9.63. The highest BCUT2D eigenvalue weighted by Gasteiger charge is 2.11. The Morgan fingerprint density at radius 3 is 2.85 bits per heavy atom. The SMILES string of the molecule is CNc1ccnc(C(=O)Nc2cc(Br)ccc2C#N)c1. The largest absolute Gasteiger partial charge is 0.388 e. The number of aromatic nitrogens is 1. The highest BCUT2D eigenvalue weighted by molar-refractivity contribution is 9.10. The van der Waals surface area contributed by atoms with Crippen molar-refractivity contribution in [2.24, 2.45) is 0 Å². The van der Waals surface area contributed by atoms with E-state index < -0.39 is 0 Å². The Balaban J connectivity index is 2.28. The molecule has 0 bridgehead atoms. The Bertz CT molecular complexity index is 694. The molecule has 2 N–H and O–H groups in total. The van der Waals surface area contributed by atoms with Crippen LogP contribution in [0.4, 0.5) is 11.4 Å². The van der Waals surface area contributed by atoms with E-state index in [4.69, 9.17) is 5.26 Å². The van der Waals surface area contributed by atoms with Crippen LogP contribution in [-0.4, -0.2) is 17.9 Å². The molecule has 1 aromatic heterocycles. The summed E-state index contributed by atoms with van der Waals surface area (Å²) in [6, 6.07) is 10.5. The number of carbonyl (C=O) groups is 1. The van der Waals surface area contributed by atoms with Gasteiger partial charge in [-0.25, -0.2) is 0 Å². The van der Waals surface area contributed by atoms with Crippen LogP contribution in [-0.2, 0) is 0 Å². The summed E-state index contributed by atoms with van der Waals surface area (Å²) in [7, 11) is 1.76. The van der Waals surface area contributed by atoms with Crippen molar-refractivity contribution in [3.63, 3.8) is 0 Å². The predicted molar refractivity (Wildman–Crippen MR) is 80.6 cm³/mol. The number of nitriles is 1. The molecular formula is C14H11BrN4O. The van der Waals surface area contributed by atoms with Crippen LogP contribution in [0.5, 0.6) is 0 Å². The second kappa shape index (κ2) is 6.17. The average Bonchev–Trinajstić information content (AvgIpc) is 2.47. The lowest BCUT2D eigenvalue weighted by Gasteiger charge is -2.08. The molecule has 100 valence electrons. The van der Waals surface area contributed by atoms with Crippen LogP contribution in [0, 0.1) is 11.3 Å². The summed E-state index contributed by atoms with van der Waals surface area (Å²) in [5, 5.41) is 14.7. The number of pyridine rings is 1. The normalized spacial score (nSPS) is 9.65. The molecule has 0 spiro atoms. The summed E-state index contributed by atoms with van der Waals surface area (Å²) in [4.78, 5) is 16.2. The Kier molecular flexibility index (Phi) is 4.33. The highest BCUT2D eigenvalue weighted by atomic mass is 79.9. The number of nitrogens with one attached hydrogen (secondary N) is 2. The van der Waals surface area contributed by atoms with Crippen molar-refractivity contribution >= 4 is 33.2 Å². The minimum atomic E-state index is -0.364. The van der Waals surface area contributed by atoms with E-state index in [1.165, 1.54) is 0 Å². The standard InChI is InChI=1S/C14H11BrN4O/c1-17-11-4-5-18-13(7-11)14(20)19-12-6-10(15)3-2-9(12)8-16/h2-7H,1H3,(H,17,18)(H,19,20).